The van der Waals surface area contributed by atoms with Gasteiger partial charge in [-0.3, -0.25) is 14.1 Å². The van der Waals surface area contributed by atoms with Gasteiger partial charge in [-0.2, -0.15) is 0 Å². The van der Waals surface area contributed by atoms with Crippen LogP contribution in [0.25, 0.3) is 0 Å². The van der Waals surface area contributed by atoms with Crippen LogP contribution in [0.15, 0.2) is 78.0 Å². The highest BCUT2D eigenvalue weighted by Gasteiger charge is 2.22. The summed E-state index contributed by atoms with van der Waals surface area (Å²) in [5, 5.41) is 2.82. The first-order valence-electron chi connectivity index (χ1n) is 8.82. The molecule has 0 aliphatic carbocycles. The Labute approximate surface area is 170 Å². The van der Waals surface area contributed by atoms with E-state index in [2.05, 4.69) is 10.3 Å². The molecule has 2 aromatic carbocycles. The molecule has 1 aromatic heterocycles. The number of carbonyl (C=O) groups excluding carboxylic acids is 1. The number of nitrogens with zero attached hydrogens (tertiary/aromatic N) is 2. The molecule has 1 amide bonds. The molecule has 0 aliphatic heterocycles. The minimum Gasteiger partial charge on any atom is -0.497 e. The predicted molar refractivity (Wildman–Crippen MR) is 110 cm³/mol. The maximum atomic E-state index is 12.9. The first kappa shape index (κ1) is 20.3. The third-order valence-corrected chi connectivity index (χ3v) is 6.19. The molecular weight excluding hydrogens is 390 g/mol. The summed E-state index contributed by atoms with van der Waals surface area (Å²) < 4.78 is 32.0. The van der Waals surface area contributed by atoms with Gasteiger partial charge in [-0.15, -0.1) is 0 Å². The number of benzene rings is 2. The lowest BCUT2D eigenvalue weighted by atomic mass is 10.2. The molecule has 0 saturated carbocycles. The molecule has 1 N–H and O–H groups in total. The van der Waals surface area contributed by atoms with Gasteiger partial charge in [0.1, 0.15) is 5.75 Å². The number of aromatic nitrogens is 1. The summed E-state index contributed by atoms with van der Waals surface area (Å²) in [5.41, 5.74) is 1.68. The van der Waals surface area contributed by atoms with E-state index in [0.29, 0.717) is 23.5 Å². The molecule has 7 nitrogen and oxygen atoms in total. The van der Waals surface area contributed by atoms with Gasteiger partial charge in [0, 0.05) is 31.5 Å². The Balaban J connectivity index is 1.77. The third-order valence-electron chi connectivity index (χ3n) is 4.39. The molecule has 29 heavy (non-hydrogen) atoms. The zero-order chi connectivity index (χ0) is 20.9. The highest BCUT2D eigenvalue weighted by Crippen LogP contribution is 2.24. The molecule has 0 radical (unpaired) electrons. The Morgan fingerprint density at radius 3 is 2.41 bits per heavy atom. The number of hydrogen-bond donors (Lipinski definition) is 1. The monoisotopic (exact) mass is 411 g/mol. The quantitative estimate of drug-likeness (QED) is 0.646. The van der Waals surface area contributed by atoms with E-state index in [4.69, 9.17) is 4.74 Å². The van der Waals surface area contributed by atoms with Crippen molar-refractivity contribution in [3.8, 4) is 5.75 Å². The van der Waals surface area contributed by atoms with E-state index in [9.17, 15) is 13.2 Å². The van der Waals surface area contributed by atoms with Gasteiger partial charge in [0.05, 0.1) is 17.7 Å². The third kappa shape index (κ3) is 4.72. The topological polar surface area (TPSA) is 88.6 Å². The Kier molecular flexibility index (Phi) is 6.13. The average Bonchev–Trinajstić information content (AvgIpc) is 2.77. The van der Waals surface area contributed by atoms with Crippen LogP contribution >= 0.6 is 0 Å². The summed E-state index contributed by atoms with van der Waals surface area (Å²) in [6, 6.07) is 16.2. The number of anilines is 1. The Morgan fingerprint density at radius 1 is 1.07 bits per heavy atom. The molecular formula is C21H21N3O4S. The highest BCUT2D eigenvalue weighted by molar-refractivity contribution is 7.92. The second-order valence-corrected chi connectivity index (χ2v) is 8.21. The molecule has 150 valence electrons. The van der Waals surface area contributed by atoms with Gasteiger partial charge in [0.25, 0.3) is 15.9 Å². The molecule has 1 heterocycles. The van der Waals surface area contributed by atoms with Crippen molar-refractivity contribution >= 4 is 21.6 Å². The number of hydrogen-bond acceptors (Lipinski definition) is 5. The van der Waals surface area contributed by atoms with Gasteiger partial charge in [0.15, 0.2) is 0 Å². The number of nitrogens with one attached hydrogen (secondary N) is 1. The Bertz CT molecular complexity index is 1080. The number of rotatable bonds is 7. The van der Waals surface area contributed by atoms with Crippen molar-refractivity contribution < 1.29 is 17.9 Å². The lowest BCUT2D eigenvalue weighted by Gasteiger charge is -2.20. The standard InChI is InChI=1S/C21H21N3O4S/c1-24(29(26,27)20-8-6-19(28-2)7-9-20)18-5-3-4-17(14-18)21(25)23-15-16-10-12-22-13-11-16/h3-14H,15H2,1-2H3,(H,23,25). The largest absolute Gasteiger partial charge is 0.497 e. The molecule has 0 bridgehead atoms. The van der Waals surface area contributed by atoms with Gasteiger partial charge in [-0.25, -0.2) is 8.42 Å². The number of sulfonamides is 1. The summed E-state index contributed by atoms with van der Waals surface area (Å²) in [4.78, 5) is 16.5. The second kappa shape index (κ2) is 8.74. The van der Waals surface area contributed by atoms with E-state index in [-0.39, 0.29) is 10.8 Å². The minimum atomic E-state index is -3.78. The SMILES string of the molecule is COc1ccc(S(=O)(=O)N(C)c2cccc(C(=O)NCc3ccncc3)c2)cc1. The van der Waals surface area contributed by atoms with E-state index in [1.807, 2.05) is 12.1 Å². The van der Waals surface area contributed by atoms with E-state index >= 15 is 0 Å². The molecule has 3 rings (SSSR count). The number of ether oxygens (including phenoxy) is 1. The summed E-state index contributed by atoms with van der Waals surface area (Å²) in [6.45, 7) is 0.353. The van der Waals surface area contributed by atoms with Gasteiger partial charge in [0.2, 0.25) is 0 Å². The summed E-state index contributed by atoms with van der Waals surface area (Å²) in [6.07, 6.45) is 3.31. The number of pyridine rings is 1. The lowest BCUT2D eigenvalue weighted by Crippen LogP contribution is -2.27. The fraction of sp³-hybridized carbons (Fsp3) is 0.143. The second-order valence-electron chi connectivity index (χ2n) is 6.24. The number of carbonyl (C=O) groups is 1. The Hall–Kier alpha value is -3.39. The summed E-state index contributed by atoms with van der Waals surface area (Å²) in [5.74, 6) is 0.276. The van der Waals surface area contributed by atoms with Crippen molar-refractivity contribution in [2.24, 2.45) is 0 Å². The zero-order valence-corrected chi connectivity index (χ0v) is 16.9. The van der Waals surface area contributed by atoms with Crippen LogP contribution < -0.4 is 14.4 Å². The Morgan fingerprint density at radius 2 is 1.76 bits per heavy atom. The van der Waals surface area contributed by atoms with Crippen LogP contribution in [0.2, 0.25) is 0 Å². The van der Waals surface area contributed by atoms with Crippen LogP contribution in [0.4, 0.5) is 5.69 Å². The predicted octanol–water partition coefficient (Wildman–Crippen LogP) is 2.85. The van der Waals surface area contributed by atoms with Crippen LogP contribution in [0.1, 0.15) is 15.9 Å². The van der Waals surface area contributed by atoms with Crippen molar-refractivity contribution in [3.05, 3.63) is 84.2 Å². The van der Waals surface area contributed by atoms with E-state index in [1.165, 1.54) is 26.3 Å². The first-order valence-corrected chi connectivity index (χ1v) is 10.3. The van der Waals surface area contributed by atoms with Gasteiger partial charge in [-0.05, 0) is 60.2 Å². The van der Waals surface area contributed by atoms with E-state index in [1.54, 1.807) is 48.8 Å². The average molecular weight is 411 g/mol. The van der Waals surface area contributed by atoms with Gasteiger partial charge in [-0.1, -0.05) is 6.07 Å². The molecule has 8 heteroatoms. The summed E-state index contributed by atoms with van der Waals surface area (Å²) in [7, 11) is -0.809. The lowest BCUT2D eigenvalue weighted by molar-refractivity contribution is 0.0951. The zero-order valence-electron chi connectivity index (χ0n) is 16.1. The molecule has 3 aromatic rings. The smallest absolute Gasteiger partial charge is 0.264 e. The van der Waals surface area contributed by atoms with Gasteiger partial charge < -0.3 is 10.1 Å². The molecule has 0 unspecified atom stereocenters. The van der Waals surface area contributed by atoms with Crippen molar-refractivity contribution in [3.63, 3.8) is 0 Å². The molecule has 0 spiro atoms. The fourth-order valence-electron chi connectivity index (χ4n) is 2.67. The normalized spacial score (nSPS) is 11.0. The van der Waals surface area contributed by atoms with Crippen LogP contribution in [-0.4, -0.2) is 33.5 Å². The van der Waals surface area contributed by atoms with Crippen molar-refractivity contribution in [2.45, 2.75) is 11.4 Å². The first-order chi connectivity index (χ1) is 13.9. The van der Waals surface area contributed by atoms with Gasteiger partial charge >= 0.3 is 0 Å². The van der Waals surface area contributed by atoms with Crippen LogP contribution in [0, 0.1) is 0 Å². The fourth-order valence-corrected chi connectivity index (χ4v) is 3.86. The van der Waals surface area contributed by atoms with Crippen LogP contribution in [-0.2, 0) is 16.6 Å². The van der Waals surface area contributed by atoms with Crippen LogP contribution in [0.5, 0.6) is 5.75 Å². The highest BCUT2D eigenvalue weighted by atomic mass is 32.2. The molecule has 0 fully saturated rings. The maximum Gasteiger partial charge on any atom is 0.264 e. The number of methoxy groups -OCH3 is 1. The van der Waals surface area contributed by atoms with Crippen molar-refractivity contribution in [1.29, 1.82) is 0 Å². The number of amides is 1. The molecule has 0 saturated heterocycles. The maximum absolute atomic E-state index is 12.9. The molecule has 0 atom stereocenters. The summed E-state index contributed by atoms with van der Waals surface area (Å²) >= 11 is 0. The van der Waals surface area contributed by atoms with Crippen molar-refractivity contribution in [2.75, 3.05) is 18.5 Å². The minimum absolute atomic E-state index is 0.133. The van der Waals surface area contributed by atoms with E-state index in [0.717, 1.165) is 9.87 Å². The van der Waals surface area contributed by atoms with E-state index < -0.39 is 10.0 Å². The van der Waals surface area contributed by atoms with Crippen LogP contribution in [0.3, 0.4) is 0 Å². The van der Waals surface area contributed by atoms with Crippen molar-refractivity contribution in [1.82, 2.24) is 10.3 Å². The molecule has 0 aliphatic rings.